The van der Waals surface area contributed by atoms with Crippen molar-refractivity contribution in [3.05, 3.63) is 16.3 Å². The van der Waals surface area contributed by atoms with Crippen LogP contribution < -0.4 is 0 Å². The van der Waals surface area contributed by atoms with Gasteiger partial charge in [-0.25, -0.2) is 4.98 Å². The lowest BCUT2D eigenvalue weighted by Crippen LogP contribution is -2.09. The second kappa shape index (κ2) is 4.05. The zero-order chi connectivity index (χ0) is 9.26. The fourth-order valence-corrected chi connectivity index (χ4v) is 3.29. The molecule has 0 bridgehead atoms. The Morgan fingerprint density at radius 2 is 2.46 bits per heavy atom. The molecule has 0 saturated carbocycles. The predicted octanol–water partition coefficient (Wildman–Crippen LogP) is 3.36. The number of halogens is 1. The second-order valence-corrected chi connectivity index (χ2v) is 5.15. The summed E-state index contributed by atoms with van der Waals surface area (Å²) >= 11 is 5.28. The van der Waals surface area contributed by atoms with Gasteiger partial charge in [0.25, 0.3) is 4.80 Å². The molecule has 1 aromatic heterocycles. The molecule has 2 nitrogen and oxygen atoms in total. The summed E-state index contributed by atoms with van der Waals surface area (Å²) in [6.45, 7) is 1.99. The first-order valence-electron chi connectivity index (χ1n) is 4.48. The Morgan fingerprint density at radius 1 is 1.62 bits per heavy atom. The standard InChI is InChI=1S/C9H12BrNOS/c1-6-8(11-9(10)12-6)7-3-2-4-13-5-7/h7H,2-5H2,1H3. The average molecular weight is 262 g/mol. The van der Waals surface area contributed by atoms with Crippen molar-refractivity contribution >= 4 is 27.7 Å². The molecule has 0 amide bonds. The van der Waals surface area contributed by atoms with E-state index in [1.54, 1.807) is 0 Å². The minimum absolute atomic E-state index is 0.605. The molecular formula is C9H12BrNOS. The predicted molar refractivity (Wildman–Crippen MR) is 58.2 cm³/mol. The van der Waals surface area contributed by atoms with E-state index in [1.165, 1.54) is 24.3 Å². The molecule has 1 atom stereocenters. The first kappa shape index (κ1) is 9.59. The maximum absolute atomic E-state index is 5.36. The molecule has 1 aromatic rings. The maximum Gasteiger partial charge on any atom is 0.264 e. The van der Waals surface area contributed by atoms with Gasteiger partial charge in [-0.05, 0) is 25.5 Å². The third-order valence-corrected chi connectivity index (χ3v) is 3.91. The van der Waals surface area contributed by atoms with Gasteiger partial charge in [0, 0.05) is 27.6 Å². The lowest BCUT2D eigenvalue weighted by Gasteiger charge is -2.19. The van der Waals surface area contributed by atoms with E-state index in [2.05, 4.69) is 20.9 Å². The van der Waals surface area contributed by atoms with Crippen molar-refractivity contribution in [2.75, 3.05) is 11.5 Å². The first-order valence-corrected chi connectivity index (χ1v) is 6.42. The summed E-state index contributed by atoms with van der Waals surface area (Å²) in [6, 6.07) is 0. The molecule has 1 unspecified atom stereocenters. The number of aryl methyl sites for hydroxylation is 1. The summed E-state index contributed by atoms with van der Waals surface area (Å²) in [5.74, 6) is 4.07. The summed E-state index contributed by atoms with van der Waals surface area (Å²) < 4.78 is 5.36. The number of hydrogen-bond acceptors (Lipinski definition) is 3. The smallest absolute Gasteiger partial charge is 0.264 e. The highest BCUT2D eigenvalue weighted by atomic mass is 79.9. The Kier molecular flexibility index (Phi) is 2.99. The van der Waals surface area contributed by atoms with Crippen LogP contribution in [-0.4, -0.2) is 16.5 Å². The summed E-state index contributed by atoms with van der Waals surface area (Å²) in [5, 5.41) is 0. The Labute approximate surface area is 90.6 Å². The van der Waals surface area contributed by atoms with Crippen LogP contribution in [0.5, 0.6) is 0 Å². The molecule has 4 heteroatoms. The van der Waals surface area contributed by atoms with Gasteiger partial charge in [0.15, 0.2) is 0 Å². The molecule has 0 radical (unpaired) electrons. The third-order valence-electron chi connectivity index (χ3n) is 2.35. The number of rotatable bonds is 1. The molecule has 13 heavy (non-hydrogen) atoms. The van der Waals surface area contributed by atoms with Crippen LogP contribution in [0.2, 0.25) is 0 Å². The van der Waals surface area contributed by atoms with Crippen molar-refractivity contribution in [2.45, 2.75) is 25.7 Å². The molecule has 2 heterocycles. The molecule has 1 fully saturated rings. The molecule has 2 rings (SSSR count). The number of hydrogen-bond donors (Lipinski definition) is 0. The zero-order valence-electron chi connectivity index (χ0n) is 7.55. The number of oxazole rings is 1. The normalized spacial score (nSPS) is 23.4. The van der Waals surface area contributed by atoms with Gasteiger partial charge in [-0.3, -0.25) is 0 Å². The summed E-state index contributed by atoms with van der Waals surface area (Å²) in [6.07, 6.45) is 2.56. The van der Waals surface area contributed by atoms with E-state index in [-0.39, 0.29) is 0 Å². The topological polar surface area (TPSA) is 26.0 Å². The summed E-state index contributed by atoms with van der Waals surface area (Å²) in [5.41, 5.74) is 1.15. The average Bonchev–Trinajstić information content (AvgIpc) is 2.47. The van der Waals surface area contributed by atoms with Crippen LogP contribution >= 0.6 is 27.7 Å². The van der Waals surface area contributed by atoms with E-state index in [0.717, 1.165) is 11.5 Å². The van der Waals surface area contributed by atoms with Gasteiger partial charge in [0.2, 0.25) is 0 Å². The van der Waals surface area contributed by atoms with Crippen molar-refractivity contribution in [1.29, 1.82) is 0 Å². The molecule has 1 saturated heterocycles. The molecular weight excluding hydrogens is 250 g/mol. The first-order chi connectivity index (χ1) is 6.27. The van der Waals surface area contributed by atoms with E-state index in [4.69, 9.17) is 4.42 Å². The van der Waals surface area contributed by atoms with Crippen LogP contribution in [-0.2, 0) is 0 Å². The highest BCUT2D eigenvalue weighted by molar-refractivity contribution is 9.10. The minimum atomic E-state index is 0.605. The van der Waals surface area contributed by atoms with Crippen molar-refractivity contribution in [2.24, 2.45) is 0 Å². The SMILES string of the molecule is Cc1oc(Br)nc1C1CCCSC1. The van der Waals surface area contributed by atoms with Gasteiger partial charge < -0.3 is 4.42 Å². The second-order valence-electron chi connectivity index (χ2n) is 3.32. The Morgan fingerprint density at radius 3 is 3.00 bits per heavy atom. The Hall–Kier alpha value is 0.0400. The molecule has 0 aromatic carbocycles. The summed E-state index contributed by atoms with van der Waals surface area (Å²) in [7, 11) is 0. The van der Waals surface area contributed by atoms with Crippen LogP contribution in [0.25, 0.3) is 0 Å². The number of nitrogens with zero attached hydrogens (tertiary/aromatic N) is 1. The molecule has 0 spiro atoms. The fraction of sp³-hybridized carbons (Fsp3) is 0.667. The molecule has 0 N–H and O–H groups in total. The van der Waals surface area contributed by atoms with Gasteiger partial charge in [-0.1, -0.05) is 0 Å². The number of thioether (sulfide) groups is 1. The van der Waals surface area contributed by atoms with E-state index in [0.29, 0.717) is 10.7 Å². The Bertz CT molecular complexity index is 294. The lowest BCUT2D eigenvalue weighted by molar-refractivity contribution is 0.495. The maximum atomic E-state index is 5.36. The van der Waals surface area contributed by atoms with E-state index < -0.39 is 0 Å². The highest BCUT2D eigenvalue weighted by Crippen LogP contribution is 2.33. The molecule has 1 aliphatic rings. The van der Waals surface area contributed by atoms with Crippen LogP contribution in [0.4, 0.5) is 0 Å². The van der Waals surface area contributed by atoms with Gasteiger partial charge in [-0.15, -0.1) is 0 Å². The minimum Gasteiger partial charge on any atom is -0.436 e. The van der Waals surface area contributed by atoms with E-state index in [1.807, 2.05) is 18.7 Å². The lowest BCUT2D eigenvalue weighted by atomic mass is 10.0. The van der Waals surface area contributed by atoms with Crippen molar-refractivity contribution in [3.63, 3.8) is 0 Å². The highest BCUT2D eigenvalue weighted by Gasteiger charge is 2.21. The van der Waals surface area contributed by atoms with Crippen LogP contribution in [0, 0.1) is 6.92 Å². The summed E-state index contributed by atoms with van der Waals surface area (Å²) in [4.78, 5) is 4.99. The third kappa shape index (κ3) is 2.10. The Balaban J connectivity index is 2.18. The van der Waals surface area contributed by atoms with Gasteiger partial charge >= 0.3 is 0 Å². The largest absolute Gasteiger partial charge is 0.436 e. The van der Waals surface area contributed by atoms with Crippen LogP contribution in [0.3, 0.4) is 0 Å². The van der Waals surface area contributed by atoms with Gasteiger partial charge in [0.1, 0.15) is 5.76 Å². The molecule has 1 aliphatic heterocycles. The van der Waals surface area contributed by atoms with E-state index in [9.17, 15) is 0 Å². The van der Waals surface area contributed by atoms with Crippen molar-refractivity contribution < 1.29 is 4.42 Å². The number of aromatic nitrogens is 1. The van der Waals surface area contributed by atoms with Gasteiger partial charge in [0.05, 0.1) is 5.69 Å². The molecule has 72 valence electrons. The molecule has 0 aliphatic carbocycles. The zero-order valence-corrected chi connectivity index (χ0v) is 9.95. The van der Waals surface area contributed by atoms with Gasteiger partial charge in [-0.2, -0.15) is 11.8 Å². The van der Waals surface area contributed by atoms with E-state index >= 15 is 0 Å². The monoisotopic (exact) mass is 261 g/mol. The van der Waals surface area contributed by atoms with Crippen LogP contribution in [0.15, 0.2) is 9.22 Å². The van der Waals surface area contributed by atoms with Crippen molar-refractivity contribution in [3.8, 4) is 0 Å². The quantitative estimate of drug-likeness (QED) is 0.776. The van der Waals surface area contributed by atoms with Crippen LogP contribution in [0.1, 0.15) is 30.2 Å². The van der Waals surface area contributed by atoms with Crippen molar-refractivity contribution in [1.82, 2.24) is 4.98 Å². The fourth-order valence-electron chi connectivity index (χ4n) is 1.71.